The van der Waals surface area contributed by atoms with Gasteiger partial charge in [-0.1, -0.05) is 68.9 Å². The number of hydrogen-bond donors (Lipinski definition) is 3. The number of allylic oxidation sites excluding steroid dienone is 5. The van der Waals surface area contributed by atoms with Crippen LogP contribution in [0, 0.1) is 17.3 Å². The molecule has 0 unspecified atom stereocenters. The number of hydrogen-bond acceptors (Lipinski definition) is 6. The third-order valence-corrected chi connectivity index (χ3v) is 8.95. The Kier molecular flexibility index (Phi) is 10.2. The van der Waals surface area contributed by atoms with E-state index in [1.807, 2.05) is 13.0 Å². The molecule has 0 aromatic rings. The highest BCUT2D eigenvalue weighted by Gasteiger charge is 2.49. The molecule has 3 aliphatic carbocycles. The van der Waals surface area contributed by atoms with E-state index >= 15 is 0 Å². The van der Waals surface area contributed by atoms with Gasteiger partial charge in [-0.2, -0.15) is 0 Å². The molecule has 3 rings (SSSR count). The molecule has 38 heavy (non-hydrogen) atoms. The highest BCUT2D eigenvalue weighted by atomic mass is 16.7. The van der Waals surface area contributed by atoms with Gasteiger partial charge in [-0.05, 0) is 87.2 Å². The smallest absolute Gasteiger partial charge is 0.434 e. The van der Waals surface area contributed by atoms with E-state index in [4.69, 9.17) is 9.47 Å². The number of fused-ring (bicyclic) bond motifs is 1. The molecule has 0 aliphatic heterocycles. The van der Waals surface area contributed by atoms with Gasteiger partial charge in [0, 0.05) is 6.42 Å². The summed E-state index contributed by atoms with van der Waals surface area (Å²) in [7, 11) is 0. The maximum atomic E-state index is 12.0. The fraction of sp³-hybridized carbons (Fsp3) is 0.656. The molecule has 212 valence electrons. The Morgan fingerprint density at radius 2 is 2.00 bits per heavy atom. The highest BCUT2D eigenvalue weighted by molar-refractivity contribution is 5.60. The fourth-order valence-corrected chi connectivity index (χ4v) is 6.48. The van der Waals surface area contributed by atoms with Crippen molar-refractivity contribution in [2.24, 2.45) is 17.3 Å². The molecule has 6 nitrogen and oxygen atoms in total. The lowest BCUT2D eigenvalue weighted by molar-refractivity contribution is -0.0668. The lowest BCUT2D eigenvalue weighted by atomic mass is 9.62. The van der Waals surface area contributed by atoms with Crippen LogP contribution in [-0.2, 0) is 9.47 Å². The van der Waals surface area contributed by atoms with Crippen LogP contribution in [0.2, 0.25) is 0 Å². The second-order valence-electron chi connectivity index (χ2n) is 12.1. The largest absolute Gasteiger partial charge is 0.508 e. The zero-order valence-electron chi connectivity index (χ0n) is 23.7. The van der Waals surface area contributed by atoms with Crippen molar-refractivity contribution < 1.29 is 29.6 Å². The zero-order valence-corrected chi connectivity index (χ0v) is 23.7. The molecule has 0 spiro atoms. The quantitative estimate of drug-likeness (QED) is 0.184. The normalized spacial score (nSPS) is 33.0. The van der Waals surface area contributed by atoms with Gasteiger partial charge in [0.05, 0.1) is 18.8 Å². The van der Waals surface area contributed by atoms with Crippen molar-refractivity contribution in [1.29, 1.82) is 0 Å². The van der Waals surface area contributed by atoms with Crippen LogP contribution in [0.4, 0.5) is 4.79 Å². The lowest BCUT2D eigenvalue weighted by Gasteiger charge is -2.42. The van der Waals surface area contributed by atoms with Gasteiger partial charge >= 0.3 is 6.16 Å². The first-order valence-electron chi connectivity index (χ1n) is 14.2. The second kappa shape index (κ2) is 12.8. The van der Waals surface area contributed by atoms with Gasteiger partial charge in [-0.15, -0.1) is 0 Å². The maximum Gasteiger partial charge on any atom is 0.508 e. The summed E-state index contributed by atoms with van der Waals surface area (Å²) in [6, 6.07) is 0. The lowest BCUT2D eigenvalue weighted by Crippen LogP contribution is -2.40. The monoisotopic (exact) mass is 528 g/mol. The van der Waals surface area contributed by atoms with Gasteiger partial charge in [0.25, 0.3) is 0 Å². The first-order chi connectivity index (χ1) is 17.9. The van der Waals surface area contributed by atoms with Crippen LogP contribution < -0.4 is 0 Å². The van der Waals surface area contributed by atoms with Gasteiger partial charge in [0.2, 0.25) is 0 Å². The van der Waals surface area contributed by atoms with Crippen LogP contribution in [0.3, 0.4) is 0 Å². The molecule has 3 saturated carbocycles. The van der Waals surface area contributed by atoms with Crippen molar-refractivity contribution in [3.8, 4) is 0 Å². The minimum absolute atomic E-state index is 0.0761. The summed E-state index contributed by atoms with van der Waals surface area (Å²) in [4.78, 5) is 12.0. The molecular formula is C32H48O6. The third-order valence-electron chi connectivity index (χ3n) is 8.95. The van der Waals surface area contributed by atoms with E-state index in [1.165, 1.54) is 5.57 Å². The molecule has 0 heterocycles. The predicted octanol–water partition coefficient (Wildman–Crippen LogP) is 6.33. The Morgan fingerprint density at radius 3 is 2.71 bits per heavy atom. The number of aliphatic hydroxyl groups excluding tert-OH is 3. The van der Waals surface area contributed by atoms with Crippen LogP contribution >= 0.6 is 0 Å². The molecule has 3 fully saturated rings. The molecule has 0 radical (unpaired) electrons. The highest BCUT2D eigenvalue weighted by Crippen LogP contribution is 2.59. The Balaban J connectivity index is 1.66. The SMILES string of the molecule is C=C(/C=C/[C@@H](O)C(C)(C)OC(=O)OCCCC)[C@H]1CC[C@H]2/C(=C/C=C3/C[C@@H](O)C[C@H](O)C3=C)CCC[C@]12C. The van der Waals surface area contributed by atoms with Crippen LogP contribution in [0.1, 0.15) is 85.5 Å². The summed E-state index contributed by atoms with van der Waals surface area (Å²) >= 11 is 0. The Labute approximate surface area is 228 Å². The Hall–Kier alpha value is -2.15. The molecule has 6 heteroatoms. The number of unbranched alkanes of at least 4 members (excludes halogenated alkanes) is 1. The van der Waals surface area contributed by atoms with Crippen molar-refractivity contribution in [2.75, 3.05) is 6.61 Å². The molecular weight excluding hydrogens is 480 g/mol. The number of carbonyl (C=O) groups excluding carboxylic acids is 1. The first-order valence-corrected chi connectivity index (χ1v) is 14.2. The van der Waals surface area contributed by atoms with Crippen molar-refractivity contribution in [1.82, 2.24) is 0 Å². The first kappa shape index (κ1) is 30.4. The third kappa shape index (κ3) is 7.08. The van der Waals surface area contributed by atoms with Gasteiger partial charge in [-0.3, -0.25) is 0 Å². The number of ether oxygens (including phenoxy) is 2. The average molecular weight is 529 g/mol. The van der Waals surface area contributed by atoms with Gasteiger partial charge < -0.3 is 24.8 Å². The minimum Gasteiger partial charge on any atom is -0.434 e. The Bertz CT molecular complexity index is 972. The van der Waals surface area contributed by atoms with E-state index in [0.29, 0.717) is 36.9 Å². The summed E-state index contributed by atoms with van der Waals surface area (Å²) < 4.78 is 10.5. The van der Waals surface area contributed by atoms with E-state index in [0.717, 1.165) is 56.1 Å². The van der Waals surface area contributed by atoms with E-state index in [1.54, 1.807) is 19.9 Å². The summed E-state index contributed by atoms with van der Waals surface area (Å²) in [5.41, 5.74) is 3.01. The second-order valence-corrected chi connectivity index (χ2v) is 12.1. The van der Waals surface area contributed by atoms with Crippen molar-refractivity contribution in [3.63, 3.8) is 0 Å². The molecule has 0 aromatic heterocycles. The standard InChI is InChI=1S/C32H48O6/c1-7-8-18-37-30(36)38-31(4,5)29(35)16-11-21(2)26-14-15-27-23(10-9-17-32(26,27)6)12-13-24-19-25(33)20-28(34)22(24)3/h11-13,16,25-29,33-35H,2-3,7-10,14-15,17-20H2,1,4-6H3/b16-11+,23-12+,24-13-/t25-,26-,27+,28+,29-,32-/m1/s1. The van der Waals surface area contributed by atoms with E-state index < -0.39 is 30.1 Å². The van der Waals surface area contributed by atoms with Crippen molar-refractivity contribution in [3.05, 3.63) is 59.8 Å². The van der Waals surface area contributed by atoms with Crippen molar-refractivity contribution in [2.45, 2.75) is 109 Å². The minimum atomic E-state index is -1.12. The molecule has 0 aromatic carbocycles. The van der Waals surface area contributed by atoms with Crippen LogP contribution in [0.15, 0.2) is 59.8 Å². The summed E-state index contributed by atoms with van der Waals surface area (Å²) in [5.74, 6) is 0.737. The van der Waals surface area contributed by atoms with Gasteiger partial charge in [0.15, 0.2) is 0 Å². The molecule has 3 N–H and O–H groups in total. The summed E-state index contributed by atoms with van der Waals surface area (Å²) in [5, 5.41) is 31.0. The topological polar surface area (TPSA) is 96.2 Å². The molecule has 0 amide bonds. The summed E-state index contributed by atoms with van der Waals surface area (Å²) in [6.07, 6.45) is 12.8. The van der Waals surface area contributed by atoms with Crippen LogP contribution in [-0.4, -0.2) is 52.0 Å². The molecule has 0 bridgehead atoms. The predicted molar refractivity (Wildman–Crippen MR) is 150 cm³/mol. The van der Waals surface area contributed by atoms with E-state index in [2.05, 4.69) is 32.2 Å². The van der Waals surface area contributed by atoms with Crippen LogP contribution in [0.25, 0.3) is 0 Å². The van der Waals surface area contributed by atoms with E-state index in [-0.39, 0.29) is 5.41 Å². The average Bonchev–Trinajstić information content (AvgIpc) is 3.21. The molecule has 0 saturated heterocycles. The van der Waals surface area contributed by atoms with E-state index in [9.17, 15) is 20.1 Å². The summed E-state index contributed by atoms with van der Waals surface area (Å²) in [6.45, 7) is 16.4. The molecule has 3 aliphatic rings. The van der Waals surface area contributed by atoms with Gasteiger partial charge in [-0.25, -0.2) is 4.79 Å². The fourth-order valence-electron chi connectivity index (χ4n) is 6.48. The van der Waals surface area contributed by atoms with Crippen molar-refractivity contribution >= 4 is 6.16 Å². The molecule has 6 atom stereocenters. The Morgan fingerprint density at radius 1 is 1.26 bits per heavy atom. The number of rotatable bonds is 9. The number of aliphatic hydroxyl groups is 3. The maximum absolute atomic E-state index is 12.0. The zero-order chi connectivity index (χ0) is 28.1. The number of carbonyl (C=O) groups is 1. The van der Waals surface area contributed by atoms with Crippen LogP contribution in [0.5, 0.6) is 0 Å². The van der Waals surface area contributed by atoms with Gasteiger partial charge in [0.1, 0.15) is 11.7 Å².